The Morgan fingerprint density at radius 2 is 2.35 bits per heavy atom. The van der Waals surface area contributed by atoms with Gasteiger partial charge in [-0.15, -0.1) is 0 Å². The van der Waals surface area contributed by atoms with Gasteiger partial charge in [-0.3, -0.25) is 4.79 Å². The van der Waals surface area contributed by atoms with Crippen molar-refractivity contribution < 1.29 is 15.0 Å². The highest BCUT2D eigenvalue weighted by atomic mass is 16.3. The van der Waals surface area contributed by atoms with Gasteiger partial charge >= 0.3 is 0 Å². The van der Waals surface area contributed by atoms with E-state index in [4.69, 9.17) is 5.73 Å². The van der Waals surface area contributed by atoms with Crippen LogP contribution >= 0.6 is 0 Å². The number of aromatic nitrogens is 2. The van der Waals surface area contributed by atoms with Gasteiger partial charge in [-0.1, -0.05) is 0 Å². The minimum Gasteiger partial charge on any atom is -0.504 e. The molecule has 0 aromatic carbocycles. The van der Waals surface area contributed by atoms with Crippen LogP contribution in [0.2, 0.25) is 0 Å². The summed E-state index contributed by atoms with van der Waals surface area (Å²) in [5.41, 5.74) is 4.63. The van der Waals surface area contributed by atoms with Crippen LogP contribution in [0.4, 0.5) is 0 Å². The van der Waals surface area contributed by atoms with Crippen molar-refractivity contribution in [2.24, 2.45) is 17.8 Å². The number of nitrogens with two attached hydrogens (primary N) is 1. The molecule has 8 nitrogen and oxygen atoms in total. The Morgan fingerprint density at radius 1 is 1.65 bits per heavy atom. The van der Waals surface area contributed by atoms with E-state index in [1.54, 1.807) is 13.2 Å². The fourth-order valence-corrected chi connectivity index (χ4v) is 1.49. The number of aliphatic hydroxyl groups is 2. The first-order valence-electron chi connectivity index (χ1n) is 4.71. The zero-order valence-corrected chi connectivity index (χ0v) is 8.95. The monoisotopic (exact) mass is 237 g/mol. The quantitative estimate of drug-likeness (QED) is 0.495. The Bertz CT molecular complexity index is 532. The molecule has 0 aliphatic carbocycles. The molecule has 1 aromatic heterocycles. The fraction of sp³-hybridized carbons (Fsp3) is 0.222. The van der Waals surface area contributed by atoms with Crippen LogP contribution in [0.25, 0.3) is 0 Å². The van der Waals surface area contributed by atoms with E-state index in [1.807, 2.05) is 0 Å². The minimum atomic E-state index is -1.92. The van der Waals surface area contributed by atoms with Crippen LogP contribution in [0, 0.1) is 0 Å². The standard InChI is InChI=1S/C9H11N5O3/c1-14-3-2-11-8(14)9(17)12-4-5(15)6(13-9)7(10)16/h2-4,12,15,17H,1H3,(H2,10,16). The maximum absolute atomic E-state index is 11.0. The minimum absolute atomic E-state index is 0.167. The molecule has 0 saturated carbocycles. The summed E-state index contributed by atoms with van der Waals surface area (Å²) in [5, 5.41) is 22.0. The molecule has 0 spiro atoms. The van der Waals surface area contributed by atoms with Crippen molar-refractivity contribution in [1.29, 1.82) is 0 Å². The van der Waals surface area contributed by atoms with Gasteiger partial charge in [-0.05, 0) is 0 Å². The molecular weight excluding hydrogens is 226 g/mol. The highest BCUT2D eigenvalue weighted by Gasteiger charge is 2.37. The predicted octanol–water partition coefficient (Wildman–Crippen LogP) is -1.55. The number of nitrogens with one attached hydrogen (secondary N) is 1. The molecule has 0 radical (unpaired) electrons. The lowest BCUT2D eigenvalue weighted by Crippen LogP contribution is -2.45. The van der Waals surface area contributed by atoms with Gasteiger partial charge in [0.05, 0.1) is 0 Å². The molecular formula is C9H11N5O3. The lowest BCUT2D eigenvalue weighted by molar-refractivity contribution is -0.112. The molecule has 2 heterocycles. The van der Waals surface area contributed by atoms with Gasteiger partial charge < -0.3 is 25.8 Å². The number of aliphatic imine (C=N–C) groups is 1. The van der Waals surface area contributed by atoms with E-state index in [0.717, 1.165) is 6.20 Å². The second-order valence-electron chi connectivity index (χ2n) is 3.53. The summed E-state index contributed by atoms with van der Waals surface area (Å²) in [4.78, 5) is 18.6. The molecule has 1 aliphatic heterocycles. The van der Waals surface area contributed by atoms with E-state index in [0.29, 0.717) is 0 Å². The number of carbonyl (C=O) groups is 1. The van der Waals surface area contributed by atoms with Gasteiger partial charge in [0.2, 0.25) is 0 Å². The molecule has 90 valence electrons. The lowest BCUT2D eigenvalue weighted by Gasteiger charge is -2.27. The van der Waals surface area contributed by atoms with E-state index in [9.17, 15) is 15.0 Å². The summed E-state index contributed by atoms with van der Waals surface area (Å²) in [7, 11) is 1.65. The summed E-state index contributed by atoms with van der Waals surface area (Å²) in [6, 6.07) is 0. The molecule has 0 saturated heterocycles. The number of hydrogen-bond acceptors (Lipinski definition) is 6. The topological polar surface area (TPSA) is 126 Å². The predicted molar refractivity (Wildman–Crippen MR) is 57.6 cm³/mol. The zero-order chi connectivity index (χ0) is 12.6. The molecule has 1 amide bonds. The third kappa shape index (κ3) is 1.74. The summed E-state index contributed by atoms with van der Waals surface area (Å²) >= 11 is 0. The number of hydrogen-bond donors (Lipinski definition) is 4. The number of primary amides is 1. The molecule has 1 aromatic rings. The van der Waals surface area contributed by atoms with Crippen molar-refractivity contribution in [1.82, 2.24) is 14.9 Å². The van der Waals surface area contributed by atoms with E-state index < -0.39 is 23.2 Å². The largest absolute Gasteiger partial charge is 0.504 e. The molecule has 5 N–H and O–H groups in total. The second-order valence-corrected chi connectivity index (χ2v) is 3.53. The highest BCUT2D eigenvalue weighted by molar-refractivity contribution is 6.44. The van der Waals surface area contributed by atoms with E-state index in [-0.39, 0.29) is 5.82 Å². The van der Waals surface area contributed by atoms with Crippen LogP contribution in [0.5, 0.6) is 0 Å². The molecule has 0 fully saturated rings. The van der Waals surface area contributed by atoms with Crippen LogP contribution in [0.15, 0.2) is 29.3 Å². The summed E-state index contributed by atoms with van der Waals surface area (Å²) in [6.07, 6.45) is 4.11. The van der Waals surface area contributed by atoms with Crippen molar-refractivity contribution in [2.75, 3.05) is 0 Å². The number of carbonyl (C=O) groups excluding carboxylic acids is 1. The summed E-state index contributed by atoms with van der Waals surface area (Å²) in [5.74, 6) is -3.13. The van der Waals surface area contributed by atoms with Gasteiger partial charge in [0, 0.05) is 25.6 Å². The molecule has 1 aliphatic rings. The molecule has 0 bridgehead atoms. The van der Waals surface area contributed by atoms with E-state index in [1.165, 1.54) is 10.8 Å². The van der Waals surface area contributed by atoms with Crippen molar-refractivity contribution in [3.63, 3.8) is 0 Å². The first kappa shape index (κ1) is 11.1. The number of rotatable bonds is 2. The maximum Gasteiger partial charge on any atom is 0.296 e. The lowest BCUT2D eigenvalue weighted by atomic mass is 10.2. The van der Waals surface area contributed by atoms with Gasteiger partial charge in [0.15, 0.2) is 17.3 Å². The maximum atomic E-state index is 11.0. The van der Waals surface area contributed by atoms with Crippen molar-refractivity contribution in [3.8, 4) is 0 Å². The van der Waals surface area contributed by atoms with Crippen LogP contribution < -0.4 is 11.1 Å². The fourth-order valence-electron chi connectivity index (χ4n) is 1.49. The first-order chi connectivity index (χ1) is 7.94. The van der Waals surface area contributed by atoms with Crippen LogP contribution in [-0.4, -0.2) is 31.4 Å². The number of amides is 1. The second kappa shape index (κ2) is 3.59. The third-order valence-corrected chi connectivity index (χ3v) is 2.29. The van der Waals surface area contributed by atoms with Gasteiger partial charge in [-0.25, -0.2) is 9.98 Å². The molecule has 17 heavy (non-hydrogen) atoms. The Morgan fingerprint density at radius 3 is 2.88 bits per heavy atom. The Labute approximate surface area is 96.1 Å². The first-order valence-corrected chi connectivity index (χ1v) is 4.71. The number of imidazole rings is 1. The number of aryl methyl sites for hydroxylation is 1. The van der Waals surface area contributed by atoms with Crippen molar-refractivity contribution in [3.05, 3.63) is 30.2 Å². The average molecular weight is 237 g/mol. The Hall–Kier alpha value is -2.35. The Kier molecular flexibility index (Phi) is 2.36. The van der Waals surface area contributed by atoms with Crippen LogP contribution in [0.1, 0.15) is 5.82 Å². The normalized spacial score (nSPS) is 23.6. The summed E-state index contributed by atoms with van der Waals surface area (Å²) < 4.78 is 1.52. The van der Waals surface area contributed by atoms with Gasteiger partial charge in [-0.2, -0.15) is 0 Å². The highest BCUT2D eigenvalue weighted by Crippen LogP contribution is 2.21. The average Bonchev–Trinajstić information content (AvgIpc) is 2.69. The number of aliphatic hydroxyl groups excluding tert-OH is 1. The van der Waals surface area contributed by atoms with Crippen molar-refractivity contribution in [2.45, 2.75) is 5.85 Å². The van der Waals surface area contributed by atoms with Gasteiger partial charge in [0.1, 0.15) is 0 Å². The SMILES string of the molecule is Cn1ccnc1C1(O)N=C(C(N)=O)C(O)=CN1. The summed E-state index contributed by atoms with van der Waals surface area (Å²) in [6.45, 7) is 0. The zero-order valence-electron chi connectivity index (χ0n) is 8.95. The van der Waals surface area contributed by atoms with Gasteiger partial charge in [0.25, 0.3) is 11.8 Å². The van der Waals surface area contributed by atoms with E-state index >= 15 is 0 Å². The van der Waals surface area contributed by atoms with Crippen LogP contribution in [-0.2, 0) is 17.7 Å². The third-order valence-electron chi connectivity index (χ3n) is 2.29. The number of nitrogens with zero attached hydrogens (tertiary/aromatic N) is 3. The van der Waals surface area contributed by atoms with E-state index in [2.05, 4.69) is 15.3 Å². The molecule has 1 unspecified atom stereocenters. The molecule has 2 rings (SSSR count). The smallest absolute Gasteiger partial charge is 0.296 e. The molecule has 1 atom stereocenters. The Balaban J connectivity index is 2.49. The van der Waals surface area contributed by atoms with Crippen molar-refractivity contribution >= 4 is 11.6 Å². The molecule has 8 heteroatoms. The van der Waals surface area contributed by atoms with Crippen LogP contribution in [0.3, 0.4) is 0 Å².